The van der Waals surface area contributed by atoms with Gasteiger partial charge in [0.1, 0.15) is 17.8 Å². The summed E-state index contributed by atoms with van der Waals surface area (Å²) in [6.45, 7) is 2.75. The topological polar surface area (TPSA) is 35.5 Å². The summed E-state index contributed by atoms with van der Waals surface area (Å²) in [6.07, 6.45) is 5.42. The first-order valence-corrected chi connectivity index (χ1v) is 6.69. The molecule has 3 heteroatoms. The number of carbonyl (C=O) groups excluding carboxylic acids is 1. The second-order valence-corrected chi connectivity index (χ2v) is 5.36. The molecule has 0 N–H and O–H groups in total. The highest BCUT2D eigenvalue weighted by Gasteiger charge is 2.39. The van der Waals surface area contributed by atoms with Gasteiger partial charge in [0.15, 0.2) is 0 Å². The number of aldehydes is 1. The molecule has 0 unspecified atom stereocenters. The molecule has 1 aliphatic heterocycles. The van der Waals surface area contributed by atoms with Crippen molar-refractivity contribution in [3.8, 4) is 11.5 Å². The fraction of sp³-hybridized carbons (Fsp3) is 0.438. The highest BCUT2D eigenvalue weighted by molar-refractivity contribution is 5.60. The third-order valence-electron chi connectivity index (χ3n) is 4.31. The molecule has 100 valence electrons. The van der Waals surface area contributed by atoms with Gasteiger partial charge in [0.05, 0.1) is 13.7 Å². The molecule has 1 heterocycles. The quantitative estimate of drug-likeness (QED) is 0.604. The molecule has 1 aliphatic carbocycles. The molecule has 0 bridgehead atoms. The van der Waals surface area contributed by atoms with Crippen LogP contribution in [0, 0.1) is 17.8 Å². The monoisotopic (exact) mass is 258 g/mol. The molecule has 4 atom stereocenters. The highest BCUT2D eigenvalue weighted by atomic mass is 16.5. The van der Waals surface area contributed by atoms with Gasteiger partial charge in [-0.05, 0) is 24.1 Å². The van der Waals surface area contributed by atoms with Crippen molar-refractivity contribution in [2.24, 2.45) is 17.8 Å². The number of fused-ring (bicyclic) bond motifs is 3. The van der Waals surface area contributed by atoms with Crippen LogP contribution >= 0.6 is 0 Å². The summed E-state index contributed by atoms with van der Waals surface area (Å²) in [7, 11) is 1.66. The summed E-state index contributed by atoms with van der Waals surface area (Å²) in [4.78, 5) is 11.5. The van der Waals surface area contributed by atoms with E-state index >= 15 is 0 Å². The molecule has 0 radical (unpaired) electrons. The van der Waals surface area contributed by atoms with Gasteiger partial charge in [0.2, 0.25) is 0 Å². The van der Waals surface area contributed by atoms with Gasteiger partial charge in [-0.3, -0.25) is 0 Å². The van der Waals surface area contributed by atoms with Gasteiger partial charge in [-0.25, -0.2) is 0 Å². The van der Waals surface area contributed by atoms with Gasteiger partial charge in [-0.2, -0.15) is 0 Å². The maximum Gasteiger partial charge on any atom is 0.124 e. The molecule has 0 saturated heterocycles. The van der Waals surface area contributed by atoms with E-state index in [0.29, 0.717) is 6.61 Å². The predicted octanol–water partition coefficient (Wildman–Crippen LogP) is 2.81. The lowest BCUT2D eigenvalue weighted by Crippen LogP contribution is -2.35. The van der Waals surface area contributed by atoms with Crippen LogP contribution in [0.25, 0.3) is 0 Å². The van der Waals surface area contributed by atoms with Crippen molar-refractivity contribution >= 4 is 6.29 Å². The van der Waals surface area contributed by atoms with Crippen molar-refractivity contribution < 1.29 is 14.3 Å². The van der Waals surface area contributed by atoms with Crippen LogP contribution in [0.3, 0.4) is 0 Å². The summed E-state index contributed by atoms with van der Waals surface area (Å²) in [5.41, 5.74) is 1.10. The van der Waals surface area contributed by atoms with Gasteiger partial charge in [0.25, 0.3) is 0 Å². The van der Waals surface area contributed by atoms with Crippen LogP contribution in [0.2, 0.25) is 0 Å². The Labute approximate surface area is 113 Å². The van der Waals surface area contributed by atoms with Crippen LogP contribution in [-0.2, 0) is 4.79 Å². The smallest absolute Gasteiger partial charge is 0.124 e. The molecule has 3 rings (SSSR count). The van der Waals surface area contributed by atoms with E-state index in [4.69, 9.17) is 9.47 Å². The molecule has 0 fully saturated rings. The Morgan fingerprint density at radius 2 is 2.21 bits per heavy atom. The van der Waals surface area contributed by atoms with Gasteiger partial charge in [0, 0.05) is 23.3 Å². The van der Waals surface area contributed by atoms with E-state index in [0.717, 1.165) is 23.3 Å². The summed E-state index contributed by atoms with van der Waals surface area (Å²) in [5, 5.41) is 0. The van der Waals surface area contributed by atoms with Crippen LogP contribution < -0.4 is 9.47 Å². The summed E-state index contributed by atoms with van der Waals surface area (Å²) in [6, 6.07) is 5.85. The van der Waals surface area contributed by atoms with Crippen LogP contribution in [0.15, 0.2) is 30.4 Å². The first-order valence-electron chi connectivity index (χ1n) is 6.69. The minimum Gasteiger partial charge on any atom is -0.497 e. The number of hydrogen-bond donors (Lipinski definition) is 0. The van der Waals surface area contributed by atoms with E-state index in [9.17, 15) is 4.79 Å². The molecular weight excluding hydrogens is 240 g/mol. The lowest BCUT2D eigenvalue weighted by atomic mass is 9.68. The average Bonchev–Trinajstić information content (AvgIpc) is 2.46. The largest absolute Gasteiger partial charge is 0.497 e. The van der Waals surface area contributed by atoms with E-state index in [1.165, 1.54) is 0 Å². The maximum absolute atomic E-state index is 11.5. The lowest BCUT2D eigenvalue weighted by Gasteiger charge is -2.39. The van der Waals surface area contributed by atoms with Crippen molar-refractivity contribution in [2.45, 2.75) is 12.8 Å². The molecular formula is C16H18O3. The zero-order chi connectivity index (χ0) is 13.4. The van der Waals surface area contributed by atoms with Crippen molar-refractivity contribution in [2.75, 3.05) is 13.7 Å². The van der Waals surface area contributed by atoms with E-state index in [-0.39, 0.29) is 23.7 Å². The number of carbonyl (C=O) groups is 1. The van der Waals surface area contributed by atoms with E-state index in [2.05, 4.69) is 19.1 Å². The standard InChI is InChI=1S/C16H18O3/c1-10-3-4-11-9-19-15-6-5-12(18-2)7-13(15)16(11)14(10)8-17/h3-8,10-11,14,16H,9H2,1-2H3/t10-,11-,14-,16+/m0/s1. The Hall–Kier alpha value is -1.77. The molecule has 0 saturated carbocycles. The first-order chi connectivity index (χ1) is 9.24. The average molecular weight is 258 g/mol. The van der Waals surface area contributed by atoms with Crippen LogP contribution in [0.5, 0.6) is 11.5 Å². The fourth-order valence-electron chi connectivity index (χ4n) is 3.22. The van der Waals surface area contributed by atoms with Crippen molar-refractivity contribution in [1.82, 2.24) is 0 Å². The Balaban J connectivity index is 2.09. The molecule has 2 aliphatic rings. The number of rotatable bonds is 2. The van der Waals surface area contributed by atoms with E-state index in [1.54, 1.807) is 7.11 Å². The minimum absolute atomic E-state index is 0.0183. The van der Waals surface area contributed by atoms with Crippen molar-refractivity contribution in [3.63, 3.8) is 0 Å². The number of methoxy groups -OCH3 is 1. The van der Waals surface area contributed by atoms with Crippen LogP contribution in [-0.4, -0.2) is 20.0 Å². The van der Waals surface area contributed by atoms with Crippen LogP contribution in [0.4, 0.5) is 0 Å². The Morgan fingerprint density at radius 1 is 1.37 bits per heavy atom. The molecule has 1 aromatic carbocycles. The van der Waals surface area contributed by atoms with Gasteiger partial charge >= 0.3 is 0 Å². The van der Waals surface area contributed by atoms with Gasteiger partial charge in [-0.15, -0.1) is 0 Å². The third kappa shape index (κ3) is 1.93. The Bertz CT molecular complexity index is 521. The Kier molecular flexibility index (Phi) is 3.05. The van der Waals surface area contributed by atoms with Crippen LogP contribution in [0.1, 0.15) is 18.4 Å². The number of benzene rings is 1. The van der Waals surface area contributed by atoms with E-state index < -0.39 is 0 Å². The summed E-state index contributed by atoms with van der Waals surface area (Å²) in [5.74, 6) is 2.48. The summed E-state index contributed by atoms with van der Waals surface area (Å²) >= 11 is 0. The van der Waals surface area contributed by atoms with Gasteiger partial charge in [-0.1, -0.05) is 19.1 Å². The molecule has 1 aromatic rings. The number of hydrogen-bond acceptors (Lipinski definition) is 3. The zero-order valence-corrected chi connectivity index (χ0v) is 11.2. The lowest BCUT2D eigenvalue weighted by molar-refractivity contribution is -0.113. The first kappa shape index (κ1) is 12.3. The second kappa shape index (κ2) is 4.72. The van der Waals surface area contributed by atoms with Gasteiger partial charge < -0.3 is 14.3 Å². The second-order valence-electron chi connectivity index (χ2n) is 5.36. The third-order valence-corrected chi connectivity index (χ3v) is 4.31. The molecule has 0 spiro atoms. The number of ether oxygens (including phenoxy) is 2. The molecule has 3 nitrogen and oxygen atoms in total. The zero-order valence-electron chi connectivity index (χ0n) is 11.2. The SMILES string of the molecule is COc1ccc2c(c1)[C@@H]1[C@@H](C=O)[C@@H](C)C=C[C@H]1CO2. The predicted molar refractivity (Wildman–Crippen MR) is 72.6 cm³/mol. The normalized spacial score (nSPS) is 31.9. The molecule has 0 amide bonds. The summed E-state index contributed by atoms with van der Waals surface area (Å²) < 4.78 is 11.1. The Morgan fingerprint density at radius 3 is 2.95 bits per heavy atom. The minimum atomic E-state index is 0.0183. The molecule has 0 aromatic heterocycles. The molecule has 19 heavy (non-hydrogen) atoms. The van der Waals surface area contributed by atoms with Crippen molar-refractivity contribution in [1.29, 1.82) is 0 Å². The highest BCUT2D eigenvalue weighted by Crippen LogP contribution is 2.47. The maximum atomic E-state index is 11.5. The number of allylic oxidation sites excluding steroid dienone is 1. The van der Waals surface area contributed by atoms with E-state index in [1.807, 2.05) is 18.2 Å². The van der Waals surface area contributed by atoms with Crippen molar-refractivity contribution in [3.05, 3.63) is 35.9 Å². The fourth-order valence-corrected chi connectivity index (χ4v) is 3.22.